The Morgan fingerprint density at radius 2 is 1.80 bits per heavy atom. The molecule has 1 aromatic rings. The molecular formula is C13H20OS. The van der Waals surface area contributed by atoms with E-state index in [0.29, 0.717) is 5.92 Å². The topological polar surface area (TPSA) is 20.2 Å². The number of hydrogen-bond donors (Lipinski definition) is 1. The summed E-state index contributed by atoms with van der Waals surface area (Å²) in [5.74, 6) is 0.504. The Kier molecular flexibility index (Phi) is 4.21. The molecule has 0 saturated heterocycles. The van der Waals surface area contributed by atoms with E-state index in [1.165, 1.54) is 44.9 Å². The normalized spacial score (nSPS) is 21.9. The van der Waals surface area contributed by atoms with Gasteiger partial charge in [-0.05, 0) is 30.2 Å². The van der Waals surface area contributed by atoms with E-state index in [-0.39, 0.29) is 6.10 Å². The van der Waals surface area contributed by atoms with Gasteiger partial charge in [0.1, 0.15) is 0 Å². The Bertz CT molecular complexity index is 260. The highest BCUT2D eigenvalue weighted by atomic mass is 32.1. The van der Waals surface area contributed by atoms with Crippen LogP contribution < -0.4 is 0 Å². The third kappa shape index (κ3) is 3.05. The van der Waals surface area contributed by atoms with Crippen molar-refractivity contribution in [1.29, 1.82) is 0 Å². The maximum Gasteiger partial charge on any atom is 0.0909 e. The highest BCUT2D eigenvalue weighted by Crippen LogP contribution is 2.34. The van der Waals surface area contributed by atoms with E-state index >= 15 is 0 Å². The van der Waals surface area contributed by atoms with Crippen LogP contribution in [0, 0.1) is 5.92 Å². The fourth-order valence-electron chi connectivity index (χ4n) is 2.50. The summed E-state index contributed by atoms with van der Waals surface area (Å²) in [6.45, 7) is 0. The zero-order valence-electron chi connectivity index (χ0n) is 9.19. The number of thiophene rings is 1. The summed E-state index contributed by atoms with van der Waals surface area (Å²) < 4.78 is 0. The summed E-state index contributed by atoms with van der Waals surface area (Å²) in [6, 6.07) is 4.10. The Balaban J connectivity index is 1.95. The Morgan fingerprint density at radius 3 is 2.40 bits per heavy atom. The van der Waals surface area contributed by atoms with Crippen molar-refractivity contribution in [2.45, 2.75) is 51.0 Å². The Morgan fingerprint density at radius 1 is 1.13 bits per heavy atom. The van der Waals surface area contributed by atoms with E-state index in [0.717, 1.165) is 4.88 Å². The molecule has 0 aromatic carbocycles. The highest BCUT2D eigenvalue weighted by molar-refractivity contribution is 7.10. The molecule has 2 heteroatoms. The van der Waals surface area contributed by atoms with E-state index in [4.69, 9.17) is 0 Å². The summed E-state index contributed by atoms with van der Waals surface area (Å²) in [6.07, 6.45) is 8.91. The van der Waals surface area contributed by atoms with Crippen molar-refractivity contribution >= 4 is 11.3 Å². The van der Waals surface area contributed by atoms with Crippen LogP contribution in [0.15, 0.2) is 17.5 Å². The van der Waals surface area contributed by atoms with Crippen molar-refractivity contribution in [2.75, 3.05) is 0 Å². The van der Waals surface area contributed by atoms with Gasteiger partial charge < -0.3 is 5.11 Å². The monoisotopic (exact) mass is 224 g/mol. The fraction of sp³-hybridized carbons (Fsp3) is 0.692. The maximum absolute atomic E-state index is 10.3. The first-order valence-corrected chi connectivity index (χ1v) is 6.97. The van der Waals surface area contributed by atoms with Gasteiger partial charge in [-0.15, -0.1) is 11.3 Å². The lowest BCUT2D eigenvalue weighted by molar-refractivity contribution is 0.0944. The van der Waals surface area contributed by atoms with Gasteiger partial charge >= 0.3 is 0 Å². The van der Waals surface area contributed by atoms with E-state index in [2.05, 4.69) is 11.4 Å². The Labute approximate surface area is 96.1 Å². The third-order valence-electron chi connectivity index (χ3n) is 3.43. The SMILES string of the molecule is OC(c1cccs1)C1CCCCCCC1. The predicted molar refractivity (Wildman–Crippen MR) is 65.1 cm³/mol. The zero-order valence-corrected chi connectivity index (χ0v) is 10.0. The molecule has 1 saturated carbocycles. The van der Waals surface area contributed by atoms with Crippen LogP contribution in [-0.4, -0.2) is 5.11 Å². The molecule has 0 bridgehead atoms. The molecule has 0 spiro atoms. The van der Waals surface area contributed by atoms with Gasteiger partial charge in [0.05, 0.1) is 6.10 Å². The molecule has 1 aliphatic carbocycles. The van der Waals surface area contributed by atoms with Gasteiger partial charge in [-0.25, -0.2) is 0 Å². The van der Waals surface area contributed by atoms with Crippen LogP contribution in [-0.2, 0) is 0 Å². The minimum Gasteiger partial charge on any atom is -0.387 e. The largest absolute Gasteiger partial charge is 0.387 e. The van der Waals surface area contributed by atoms with Crippen molar-refractivity contribution in [2.24, 2.45) is 5.92 Å². The molecule has 1 atom stereocenters. The molecule has 0 radical (unpaired) electrons. The van der Waals surface area contributed by atoms with Crippen molar-refractivity contribution in [1.82, 2.24) is 0 Å². The van der Waals surface area contributed by atoms with E-state index in [9.17, 15) is 5.11 Å². The van der Waals surface area contributed by atoms with Crippen LogP contribution in [0.3, 0.4) is 0 Å². The van der Waals surface area contributed by atoms with Gasteiger partial charge in [0.2, 0.25) is 0 Å². The van der Waals surface area contributed by atoms with Crippen LogP contribution in [0.25, 0.3) is 0 Å². The van der Waals surface area contributed by atoms with Crippen LogP contribution in [0.5, 0.6) is 0 Å². The molecule has 1 nitrogen and oxygen atoms in total. The lowest BCUT2D eigenvalue weighted by atomic mass is 9.87. The summed E-state index contributed by atoms with van der Waals surface area (Å²) in [4.78, 5) is 1.15. The number of rotatable bonds is 2. The molecule has 1 fully saturated rings. The molecule has 2 rings (SSSR count). The van der Waals surface area contributed by atoms with Gasteiger partial charge in [0.25, 0.3) is 0 Å². The Hall–Kier alpha value is -0.340. The summed E-state index contributed by atoms with van der Waals surface area (Å²) >= 11 is 1.69. The molecule has 1 heterocycles. The quantitative estimate of drug-likeness (QED) is 0.800. The van der Waals surface area contributed by atoms with Crippen LogP contribution in [0.4, 0.5) is 0 Å². The van der Waals surface area contributed by atoms with Crippen LogP contribution in [0.1, 0.15) is 55.9 Å². The first-order valence-electron chi connectivity index (χ1n) is 6.09. The average Bonchev–Trinajstić information content (AvgIpc) is 2.68. The molecule has 0 aliphatic heterocycles. The van der Waals surface area contributed by atoms with E-state index in [1.54, 1.807) is 11.3 Å². The van der Waals surface area contributed by atoms with Gasteiger partial charge in [-0.3, -0.25) is 0 Å². The second kappa shape index (κ2) is 5.66. The summed E-state index contributed by atoms with van der Waals surface area (Å²) in [7, 11) is 0. The van der Waals surface area contributed by atoms with Crippen LogP contribution >= 0.6 is 11.3 Å². The predicted octanol–water partition coefficient (Wildman–Crippen LogP) is 4.14. The van der Waals surface area contributed by atoms with Gasteiger partial charge in [-0.1, -0.05) is 38.2 Å². The van der Waals surface area contributed by atoms with Crippen molar-refractivity contribution < 1.29 is 5.11 Å². The molecule has 1 aromatic heterocycles. The smallest absolute Gasteiger partial charge is 0.0909 e. The van der Waals surface area contributed by atoms with Crippen molar-refractivity contribution in [3.05, 3.63) is 22.4 Å². The second-order valence-electron chi connectivity index (χ2n) is 4.57. The lowest BCUT2D eigenvalue weighted by Crippen LogP contribution is -2.13. The van der Waals surface area contributed by atoms with Gasteiger partial charge in [0, 0.05) is 4.88 Å². The maximum atomic E-state index is 10.3. The standard InChI is InChI=1S/C13H20OS/c14-13(12-9-6-10-15-12)11-7-4-2-1-3-5-8-11/h6,9-11,13-14H,1-5,7-8H2. The highest BCUT2D eigenvalue weighted by Gasteiger charge is 2.21. The molecule has 1 aliphatic rings. The second-order valence-corrected chi connectivity index (χ2v) is 5.54. The van der Waals surface area contributed by atoms with Crippen molar-refractivity contribution in [3.8, 4) is 0 Å². The van der Waals surface area contributed by atoms with Crippen molar-refractivity contribution in [3.63, 3.8) is 0 Å². The van der Waals surface area contributed by atoms with Crippen LogP contribution in [0.2, 0.25) is 0 Å². The van der Waals surface area contributed by atoms with E-state index in [1.807, 2.05) is 6.07 Å². The molecule has 1 unspecified atom stereocenters. The first-order chi connectivity index (χ1) is 7.38. The number of hydrogen-bond acceptors (Lipinski definition) is 2. The molecule has 84 valence electrons. The molecule has 1 N–H and O–H groups in total. The zero-order chi connectivity index (χ0) is 10.5. The summed E-state index contributed by atoms with van der Waals surface area (Å²) in [5, 5.41) is 12.3. The minimum atomic E-state index is -0.205. The molecular weight excluding hydrogens is 204 g/mol. The third-order valence-corrected chi connectivity index (χ3v) is 4.37. The minimum absolute atomic E-state index is 0.205. The van der Waals surface area contributed by atoms with Gasteiger partial charge in [-0.2, -0.15) is 0 Å². The number of aliphatic hydroxyl groups excluding tert-OH is 1. The lowest BCUT2D eigenvalue weighted by Gasteiger charge is -2.24. The fourth-order valence-corrected chi connectivity index (χ4v) is 3.30. The van der Waals surface area contributed by atoms with Gasteiger partial charge in [0.15, 0.2) is 0 Å². The summed E-state index contributed by atoms with van der Waals surface area (Å²) in [5.41, 5.74) is 0. The molecule has 0 amide bonds. The molecule has 15 heavy (non-hydrogen) atoms. The average molecular weight is 224 g/mol. The number of aliphatic hydroxyl groups is 1. The first kappa shape index (κ1) is 11.2. The van der Waals surface area contributed by atoms with E-state index < -0.39 is 0 Å².